The molecule has 1 aromatic rings. The lowest BCUT2D eigenvalue weighted by molar-refractivity contribution is 0.0546. The molecule has 0 aromatic heterocycles. The van der Waals surface area contributed by atoms with Gasteiger partial charge >= 0.3 is 5.97 Å². The summed E-state index contributed by atoms with van der Waals surface area (Å²) < 4.78 is 10.1. The summed E-state index contributed by atoms with van der Waals surface area (Å²) in [5.41, 5.74) is 0.372. The van der Waals surface area contributed by atoms with Crippen LogP contribution in [0.1, 0.15) is 17.3 Å². The summed E-state index contributed by atoms with van der Waals surface area (Å²) in [6.07, 6.45) is 3.56. The average molecular weight is 241 g/mol. The van der Waals surface area contributed by atoms with Gasteiger partial charge in [0.05, 0.1) is 7.11 Å². The minimum atomic E-state index is -0.424. The number of allylic oxidation sites excluding steroid dienone is 1. The van der Waals surface area contributed by atoms with Crippen LogP contribution in [0.15, 0.2) is 30.4 Å². The Kier molecular flexibility index (Phi) is 4.86. The van der Waals surface area contributed by atoms with Crippen LogP contribution in [-0.4, -0.2) is 19.7 Å². The van der Waals surface area contributed by atoms with Gasteiger partial charge in [0.1, 0.15) is 17.9 Å². The molecule has 0 unspecified atom stereocenters. The standard InChI is InChI=1S/C12H13ClO3/c1-3-4-7-16-12(14)10-6-5-9(13)8-11(10)15-2/h3-6,8H,7H2,1-2H3/b4-3+. The topological polar surface area (TPSA) is 35.5 Å². The smallest absolute Gasteiger partial charge is 0.342 e. The third kappa shape index (κ3) is 3.28. The molecule has 86 valence electrons. The second-order valence-electron chi connectivity index (χ2n) is 3.01. The summed E-state index contributed by atoms with van der Waals surface area (Å²) in [5.74, 6) is -0.00963. The molecule has 0 aliphatic rings. The molecule has 0 heterocycles. The summed E-state index contributed by atoms with van der Waals surface area (Å²) >= 11 is 5.78. The van der Waals surface area contributed by atoms with Gasteiger partial charge in [-0.05, 0) is 25.1 Å². The molecule has 16 heavy (non-hydrogen) atoms. The van der Waals surface area contributed by atoms with Crippen LogP contribution in [0, 0.1) is 0 Å². The first-order chi connectivity index (χ1) is 7.69. The van der Waals surface area contributed by atoms with Gasteiger partial charge in [0.25, 0.3) is 0 Å². The zero-order valence-corrected chi connectivity index (χ0v) is 9.95. The number of carbonyl (C=O) groups excluding carboxylic acids is 1. The Bertz CT molecular complexity index is 399. The molecule has 0 aliphatic heterocycles. The molecular weight excluding hydrogens is 228 g/mol. The van der Waals surface area contributed by atoms with E-state index in [-0.39, 0.29) is 6.61 Å². The van der Waals surface area contributed by atoms with Crippen molar-refractivity contribution in [1.82, 2.24) is 0 Å². The Hall–Kier alpha value is -1.48. The first-order valence-electron chi connectivity index (χ1n) is 4.81. The molecular formula is C12H13ClO3. The number of benzene rings is 1. The van der Waals surface area contributed by atoms with Crippen LogP contribution >= 0.6 is 11.6 Å². The lowest BCUT2D eigenvalue weighted by Crippen LogP contribution is -2.07. The van der Waals surface area contributed by atoms with E-state index in [4.69, 9.17) is 21.1 Å². The monoisotopic (exact) mass is 240 g/mol. The van der Waals surface area contributed by atoms with E-state index in [9.17, 15) is 4.79 Å². The van der Waals surface area contributed by atoms with Crippen LogP contribution in [0.3, 0.4) is 0 Å². The highest BCUT2D eigenvalue weighted by molar-refractivity contribution is 6.30. The van der Waals surface area contributed by atoms with Crippen molar-refractivity contribution < 1.29 is 14.3 Å². The van der Waals surface area contributed by atoms with Gasteiger partial charge in [-0.15, -0.1) is 0 Å². The molecule has 0 fully saturated rings. The molecule has 0 atom stereocenters. The third-order valence-corrected chi connectivity index (χ3v) is 2.16. The molecule has 0 amide bonds. The molecule has 3 nitrogen and oxygen atoms in total. The van der Waals surface area contributed by atoms with Crippen LogP contribution in [0.4, 0.5) is 0 Å². The summed E-state index contributed by atoms with van der Waals surface area (Å²) in [7, 11) is 1.48. The fourth-order valence-corrected chi connectivity index (χ4v) is 1.29. The summed E-state index contributed by atoms with van der Waals surface area (Å²) in [5, 5.41) is 0.516. The molecule has 0 aliphatic carbocycles. The van der Waals surface area contributed by atoms with Gasteiger partial charge in [-0.2, -0.15) is 0 Å². The predicted molar refractivity (Wildman–Crippen MR) is 63.1 cm³/mol. The lowest BCUT2D eigenvalue weighted by atomic mass is 10.2. The van der Waals surface area contributed by atoms with E-state index < -0.39 is 5.97 Å². The third-order valence-electron chi connectivity index (χ3n) is 1.93. The van der Waals surface area contributed by atoms with Crippen molar-refractivity contribution >= 4 is 17.6 Å². The first kappa shape index (κ1) is 12.6. The number of hydrogen-bond donors (Lipinski definition) is 0. The number of hydrogen-bond acceptors (Lipinski definition) is 3. The summed E-state index contributed by atoms with van der Waals surface area (Å²) in [6.45, 7) is 2.11. The molecule has 1 rings (SSSR count). The highest BCUT2D eigenvalue weighted by atomic mass is 35.5. The van der Waals surface area contributed by atoms with Crippen molar-refractivity contribution in [3.63, 3.8) is 0 Å². The SMILES string of the molecule is C/C=C/COC(=O)c1ccc(Cl)cc1OC. The predicted octanol–water partition coefficient (Wildman–Crippen LogP) is 3.08. The second-order valence-corrected chi connectivity index (χ2v) is 3.45. The number of esters is 1. The van der Waals surface area contributed by atoms with Gasteiger partial charge in [0.2, 0.25) is 0 Å². The molecule has 0 spiro atoms. The Labute approximate surface area is 99.6 Å². The van der Waals surface area contributed by atoms with Crippen LogP contribution in [0.5, 0.6) is 5.75 Å². The maximum Gasteiger partial charge on any atom is 0.342 e. The first-order valence-corrected chi connectivity index (χ1v) is 5.18. The van der Waals surface area contributed by atoms with Crippen LogP contribution in [0.25, 0.3) is 0 Å². The zero-order valence-electron chi connectivity index (χ0n) is 9.20. The van der Waals surface area contributed by atoms with Gasteiger partial charge < -0.3 is 9.47 Å². The second kappa shape index (κ2) is 6.18. The number of halogens is 1. The van der Waals surface area contributed by atoms with E-state index >= 15 is 0 Å². The summed E-state index contributed by atoms with van der Waals surface area (Å²) in [4.78, 5) is 11.6. The lowest BCUT2D eigenvalue weighted by Gasteiger charge is -2.07. The highest BCUT2D eigenvalue weighted by Gasteiger charge is 2.13. The quantitative estimate of drug-likeness (QED) is 0.599. The minimum Gasteiger partial charge on any atom is -0.496 e. The van der Waals surface area contributed by atoms with Crippen molar-refractivity contribution in [3.05, 3.63) is 40.9 Å². The molecule has 4 heteroatoms. The van der Waals surface area contributed by atoms with Crippen molar-refractivity contribution in [2.24, 2.45) is 0 Å². The maximum absolute atomic E-state index is 11.6. The van der Waals surface area contributed by atoms with E-state index in [0.29, 0.717) is 16.3 Å². The molecule has 0 saturated carbocycles. The molecule has 0 bridgehead atoms. The molecule has 1 aromatic carbocycles. The number of methoxy groups -OCH3 is 1. The van der Waals surface area contributed by atoms with Gasteiger partial charge in [-0.25, -0.2) is 4.79 Å². The van der Waals surface area contributed by atoms with E-state index in [2.05, 4.69) is 0 Å². The van der Waals surface area contributed by atoms with E-state index in [1.807, 2.05) is 13.0 Å². The molecule has 0 radical (unpaired) electrons. The van der Waals surface area contributed by atoms with Gasteiger partial charge in [0, 0.05) is 5.02 Å². The number of ether oxygens (including phenoxy) is 2. The van der Waals surface area contributed by atoms with Crippen LogP contribution in [0.2, 0.25) is 5.02 Å². The molecule has 0 N–H and O–H groups in total. The van der Waals surface area contributed by atoms with Crippen molar-refractivity contribution in [2.45, 2.75) is 6.92 Å². The van der Waals surface area contributed by atoms with Gasteiger partial charge in [-0.3, -0.25) is 0 Å². The van der Waals surface area contributed by atoms with Crippen LogP contribution in [-0.2, 0) is 4.74 Å². The normalized spacial score (nSPS) is 10.4. The van der Waals surface area contributed by atoms with Crippen molar-refractivity contribution in [2.75, 3.05) is 13.7 Å². The maximum atomic E-state index is 11.6. The fourth-order valence-electron chi connectivity index (χ4n) is 1.13. The zero-order chi connectivity index (χ0) is 12.0. The van der Waals surface area contributed by atoms with Gasteiger partial charge in [0.15, 0.2) is 0 Å². The Morgan fingerprint density at radius 1 is 1.50 bits per heavy atom. The van der Waals surface area contributed by atoms with Crippen molar-refractivity contribution in [1.29, 1.82) is 0 Å². The average Bonchev–Trinajstić information content (AvgIpc) is 2.29. The minimum absolute atomic E-state index is 0.251. The molecule has 0 saturated heterocycles. The van der Waals surface area contributed by atoms with Crippen molar-refractivity contribution in [3.8, 4) is 5.75 Å². The number of carbonyl (C=O) groups is 1. The fraction of sp³-hybridized carbons (Fsp3) is 0.250. The number of rotatable bonds is 4. The van der Waals surface area contributed by atoms with E-state index in [1.54, 1.807) is 24.3 Å². The Balaban J connectivity index is 2.82. The van der Waals surface area contributed by atoms with Gasteiger partial charge in [-0.1, -0.05) is 23.8 Å². The van der Waals surface area contributed by atoms with E-state index in [0.717, 1.165) is 0 Å². The highest BCUT2D eigenvalue weighted by Crippen LogP contribution is 2.23. The Morgan fingerprint density at radius 3 is 2.88 bits per heavy atom. The summed E-state index contributed by atoms with van der Waals surface area (Å²) in [6, 6.07) is 4.78. The largest absolute Gasteiger partial charge is 0.496 e. The Morgan fingerprint density at radius 2 is 2.25 bits per heavy atom. The van der Waals surface area contributed by atoms with E-state index in [1.165, 1.54) is 7.11 Å². The van der Waals surface area contributed by atoms with Crippen LogP contribution < -0.4 is 4.74 Å².